The fourth-order valence-corrected chi connectivity index (χ4v) is 4.78. The minimum atomic E-state index is -0.226. The average Bonchev–Trinajstić information content (AvgIpc) is 3.46. The van der Waals surface area contributed by atoms with Crippen LogP contribution in [0.25, 0.3) is 11.0 Å². The molecule has 0 saturated carbocycles. The van der Waals surface area contributed by atoms with E-state index in [1.54, 1.807) is 11.7 Å². The maximum absolute atomic E-state index is 13.1. The summed E-state index contributed by atoms with van der Waals surface area (Å²) in [5.74, 6) is 6.60. The molecule has 0 atom stereocenters. The van der Waals surface area contributed by atoms with Gasteiger partial charge in [0.05, 0.1) is 17.1 Å². The van der Waals surface area contributed by atoms with Gasteiger partial charge >= 0.3 is 0 Å². The third kappa shape index (κ3) is 5.36. The number of nitrogens with two attached hydrogens (primary N) is 1. The van der Waals surface area contributed by atoms with E-state index in [0.29, 0.717) is 33.9 Å². The maximum Gasteiger partial charge on any atom is 0.273 e. The molecule has 1 aromatic carbocycles. The van der Waals surface area contributed by atoms with Crippen molar-refractivity contribution in [1.82, 2.24) is 34.4 Å². The summed E-state index contributed by atoms with van der Waals surface area (Å²) >= 11 is 0. The molecule has 0 bridgehead atoms. The molecule has 1 amide bonds. The summed E-state index contributed by atoms with van der Waals surface area (Å²) < 4.78 is 3.58. The Morgan fingerprint density at radius 3 is 2.51 bits per heavy atom. The Labute approximate surface area is 228 Å². The molecule has 3 N–H and O–H groups in total. The van der Waals surface area contributed by atoms with Crippen LogP contribution in [-0.2, 0) is 12.5 Å². The van der Waals surface area contributed by atoms with E-state index in [4.69, 9.17) is 10.8 Å². The number of likely N-dealkylation sites (tertiary alicyclic amines) is 1. The van der Waals surface area contributed by atoms with Crippen LogP contribution >= 0.6 is 0 Å². The van der Waals surface area contributed by atoms with E-state index >= 15 is 0 Å². The summed E-state index contributed by atoms with van der Waals surface area (Å²) in [7, 11) is 3.91. The second kappa shape index (κ2) is 10.2. The van der Waals surface area contributed by atoms with Crippen LogP contribution in [0.5, 0.6) is 0 Å². The highest BCUT2D eigenvalue weighted by Crippen LogP contribution is 2.29. The van der Waals surface area contributed by atoms with E-state index in [0.717, 1.165) is 42.8 Å². The van der Waals surface area contributed by atoms with Gasteiger partial charge in [0.25, 0.3) is 5.91 Å². The van der Waals surface area contributed by atoms with Gasteiger partial charge in [-0.2, -0.15) is 10.2 Å². The van der Waals surface area contributed by atoms with Crippen LogP contribution in [0.1, 0.15) is 72.7 Å². The minimum Gasteiger partial charge on any atom is -0.383 e. The van der Waals surface area contributed by atoms with Gasteiger partial charge in [-0.25, -0.2) is 14.6 Å². The lowest BCUT2D eigenvalue weighted by atomic mass is 9.92. The zero-order valence-electron chi connectivity index (χ0n) is 23.4. The van der Waals surface area contributed by atoms with Gasteiger partial charge in [-0.1, -0.05) is 32.8 Å². The number of amides is 1. The first-order valence-corrected chi connectivity index (χ1v) is 13.2. The molecule has 4 aromatic rings. The highest BCUT2D eigenvalue weighted by atomic mass is 16.2. The van der Waals surface area contributed by atoms with Gasteiger partial charge in [0.2, 0.25) is 0 Å². The lowest BCUT2D eigenvalue weighted by Crippen LogP contribution is -2.32. The first kappa shape index (κ1) is 26.4. The van der Waals surface area contributed by atoms with E-state index in [-0.39, 0.29) is 17.4 Å². The zero-order valence-corrected chi connectivity index (χ0v) is 23.4. The van der Waals surface area contributed by atoms with Crippen LogP contribution in [-0.4, -0.2) is 60.5 Å². The fourth-order valence-electron chi connectivity index (χ4n) is 4.78. The smallest absolute Gasteiger partial charge is 0.273 e. The molecular weight excluding hydrogens is 490 g/mol. The Morgan fingerprint density at radius 1 is 1.08 bits per heavy atom. The van der Waals surface area contributed by atoms with Gasteiger partial charge in [-0.3, -0.25) is 9.48 Å². The van der Waals surface area contributed by atoms with Gasteiger partial charge in [0, 0.05) is 23.7 Å². The lowest BCUT2D eigenvalue weighted by molar-refractivity contribution is 0.101. The molecule has 0 radical (unpaired) electrons. The van der Waals surface area contributed by atoms with E-state index in [2.05, 4.69) is 64.9 Å². The number of anilines is 2. The number of piperidine rings is 1. The fraction of sp³-hybridized carbons (Fsp3) is 0.414. The van der Waals surface area contributed by atoms with Crippen molar-refractivity contribution in [3.63, 3.8) is 0 Å². The van der Waals surface area contributed by atoms with Crippen molar-refractivity contribution < 1.29 is 4.79 Å². The van der Waals surface area contributed by atoms with E-state index in [1.807, 2.05) is 35.9 Å². The SMILES string of the molecule is Cc1ccc(NC(=O)c2cc(C(C)(C)C)nn2C)cc1C#Cc1nn(C2CCN(C)CC2)c2ncnc(N)c12. The number of carbonyl (C=O) groups excluding carboxylic acids is 1. The summed E-state index contributed by atoms with van der Waals surface area (Å²) in [6.45, 7) is 10.2. The maximum atomic E-state index is 13.1. The molecule has 1 aliphatic heterocycles. The molecular formula is C29H35N9O. The van der Waals surface area contributed by atoms with Crippen molar-refractivity contribution in [3.8, 4) is 11.8 Å². The quantitative estimate of drug-likeness (QED) is 0.392. The first-order valence-electron chi connectivity index (χ1n) is 13.2. The Balaban J connectivity index is 1.44. The number of nitrogen functional groups attached to an aromatic ring is 1. The van der Waals surface area contributed by atoms with Crippen LogP contribution in [0.4, 0.5) is 11.5 Å². The standard InChI is InChI=1S/C29H35N9O/c1-18-7-9-20(33-28(39)23-16-24(29(2,3)4)35-37(23)6)15-19(18)8-10-22-25-26(30)31-17-32-27(25)38(34-22)21-11-13-36(5)14-12-21/h7,9,15-17,21H,11-14H2,1-6H3,(H,33,39)(H2,30,31,32). The molecule has 1 fully saturated rings. The van der Waals surface area contributed by atoms with Gasteiger partial charge in [-0.05, 0) is 69.6 Å². The highest BCUT2D eigenvalue weighted by molar-refractivity contribution is 6.03. The van der Waals surface area contributed by atoms with Crippen LogP contribution in [0, 0.1) is 18.8 Å². The monoisotopic (exact) mass is 525 g/mol. The predicted molar refractivity (Wildman–Crippen MR) is 153 cm³/mol. The highest BCUT2D eigenvalue weighted by Gasteiger charge is 2.24. The van der Waals surface area contributed by atoms with Crippen LogP contribution in [0.2, 0.25) is 0 Å². The molecule has 5 rings (SSSR count). The lowest BCUT2D eigenvalue weighted by Gasteiger charge is -2.29. The van der Waals surface area contributed by atoms with Crippen molar-refractivity contribution >= 4 is 28.4 Å². The van der Waals surface area contributed by atoms with Gasteiger partial charge in [0.1, 0.15) is 23.5 Å². The number of nitrogens with one attached hydrogen (secondary N) is 1. The molecule has 1 aliphatic rings. The molecule has 1 saturated heterocycles. The summed E-state index contributed by atoms with van der Waals surface area (Å²) in [4.78, 5) is 24.1. The summed E-state index contributed by atoms with van der Waals surface area (Å²) in [6, 6.07) is 7.76. The molecule has 3 aromatic heterocycles. The Bertz CT molecular complexity index is 1610. The number of aromatic nitrogens is 6. The number of benzene rings is 1. The number of hydrogen-bond acceptors (Lipinski definition) is 7. The molecule has 0 unspecified atom stereocenters. The Morgan fingerprint density at radius 2 is 1.82 bits per heavy atom. The van der Waals surface area contributed by atoms with E-state index < -0.39 is 0 Å². The minimum absolute atomic E-state index is 0.151. The number of aryl methyl sites for hydroxylation is 2. The summed E-state index contributed by atoms with van der Waals surface area (Å²) in [5, 5.41) is 13.0. The van der Waals surface area contributed by atoms with Gasteiger partial charge in [-0.15, -0.1) is 0 Å². The van der Waals surface area contributed by atoms with Crippen LogP contribution in [0.15, 0.2) is 30.6 Å². The van der Waals surface area contributed by atoms with Crippen molar-refractivity contribution in [1.29, 1.82) is 0 Å². The van der Waals surface area contributed by atoms with Crippen molar-refractivity contribution in [3.05, 3.63) is 58.8 Å². The number of nitrogens with zero attached hydrogens (tertiary/aromatic N) is 7. The molecule has 0 spiro atoms. The topological polar surface area (TPSA) is 120 Å². The zero-order chi connectivity index (χ0) is 27.9. The van der Waals surface area contributed by atoms with E-state index in [9.17, 15) is 4.79 Å². The van der Waals surface area contributed by atoms with Crippen molar-refractivity contribution in [2.75, 3.05) is 31.2 Å². The number of carbonyl (C=O) groups is 1. The average molecular weight is 526 g/mol. The number of fused-ring (bicyclic) bond motifs is 1. The largest absolute Gasteiger partial charge is 0.383 e. The van der Waals surface area contributed by atoms with Crippen molar-refractivity contribution in [2.24, 2.45) is 7.05 Å². The predicted octanol–water partition coefficient (Wildman–Crippen LogP) is 3.67. The molecule has 10 nitrogen and oxygen atoms in total. The third-order valence-electron chi connectivity index (χ3n) is 7.24. The van der Waals surface area contributed by atoms with Crippen molar-refractivity contribution in [2.45, 2.75) is 52.0 Å². The summed E-state index contributed by atoms with van der Waals surface area (Å²) in [6.07, 6.45) is 3.45. The summed E-state index contributed by atoms with van der Waals surface area (Å²) in [5.41, 5.74) is 11.2. The normalized spacial score (nSPS) is 14.8. The molecule has 202 valence electrons. The van der Waals surface area contributed by atoms with Gasteiger partial charge in [0.15, 0.2) is 5.65 Å². The van der Waals surface area contributed by atoms with Gasteiger partial charge < -0.3 is 16.0 Å². The molecule has 10 heteroatoms. The molecule has 4 heterocycles. The van der Waals surface area contributed by atoms with Crippen LogP contribution in [0.3, 0.4) is 0 Å². The third-order valence-corrected chi connectivity index (χ3v) is 7.24. The van der Waals surface area contributed by atoms with Crippen LogP contribution < -0.4 is 11.1 Å². The molecule has 39 heavy (non-hydrogen) atoms. The van der Waals surface area contributed by atoms with E-state index in [1.165, 1.54) is 6.33 Å². The Kier molecular flexibility index (Phi) is 6.87. The number of hydrogen-bond donors (Lipinski definition) is 2. The first-order chi connectivity index (χ1) is 18.5. The second-order valence-corrected chi connectivity index (χ2v) is 11.3. The molecule has 0 aliphatic carbocycles. The Hall–Kier alpha value is -4.23. The number of rotatable bonds is 3. The second-order valence-electron chi connectivity index (χ2n) is 11.3.